The Morgan fingerprint density at radius 1 is 0.941 bits per heavy atom. The van der Waals surface area contributed by atoms with Gasteiger partial charge in [-0.3, -0.25) is 0 Å². The Hall–Kier alpha value is -2.29. The van der Waals surface area contributed by atoms with Crippen molar-refractivity contribution in [2.75, 3.05) is 5.32 Å². The molecule has 1 atom stereocenters. The quantitative estimate of drug-likeness (QED) is 0.861. The van der Waals surface area contributed by atoms with Gasteiger partial charge in [0.1, 0.15) is 0 Å². The number of aliphatic carboxylic acids is 1. The molecule has 2 aromatic rings. The summed E-state index contributed by atoms with van der Waals surface area (Å²) >= 11 is 0. The third kappa shape index (κ3) is 2.84. The average Bonchev–Trinajstić information content (AvgIpc) is 2.38. The normalized spacial score (nSPS) is 11.8. The first-order chi connectivity index (χ1) is 8.27. The fraction of sp³-hybridized carbons (Fsp3) is 0.0714. The van der Waals surface area contributed by atoms with E-state index in [4.69, 9.17) is 0 Å². The Morgan fingerprint density at radius 3 is 2.00 bits per heavy atom. The third-order valence-electron chi connectivity index (χ3n) is 2.45. The van der Waals surface area contributed by atoms with E-state index in [0.717, 1.165) is 5.69 Å². The van der Waals surface area contributed by atoms with Crippen LogP contribution >= 0.6 is 0 Å². The van der Waals surface area contributed by atoms with Crippen molar-refractivity contribution in [2.45, 2.75) is 6.04 Å². The summed E-state index contributed by atoms with van der Waals surface area (Å²) in [6.07, 6.45) is 0. The molecule has 0 aromatic heterocycles. The van der Waals surface area contributed by atoms with Crippen molar-refractivity contribution < 1.29 is 9.90 Å². The van der Waals surface area contributed by atoms with E-state index in [1.165, 1.54) is 0 Å². The maximum atomic E-state index is 11.1. The summed E-state index contributed by atoms with van der Waals surface area (Å²) in [5.74, 6) is -1.14. The molecule has 0 spiro atoms. The van der Waals surface area contributed by atoms with Crippen molar-refractivity contribution in [1.29, 1.82) is 0 Å². The second kappa shape index (κ2) is 5.16. The van der Waals surface area contributed by atoms with Crippen LogP contribution in [0.2, 0.25) is 0 Å². The molecule has 3 heteroatoms. The van der Waals surface area contributed by atoms with Crippen LogP contribution in [0.25, 0.3) is 0 Å². The van der Waals surface area contributed by atoms with Crippen molar-refractivity contribution >= 4 is 11.7 Å². The van der Waals surface area contributed by atoms with Gasteiger partial charge in [-0.1, -0.05) is 48.5 Å². The molecule has 0 aliphatic rings. The number of carboxylic acid groups (broad SMARTS) is 1. The van der Waals surface area contributed by atoms with E-state index in [1.807, 2.05) is 36.4 Å². The molecular formula is C14H12NO2-. The van der Waals surface area contributed by atoms with Crippen LogP contribution in [-0.2, 0) is 4.79 Å². The van der Waals surface area contributed by atoms with Crippen molar-refractivity contribution in [1.82, 2.24) is 0 Å². The number of hydrogen-bond donors (Lipinski definition) is 1. The molecule has 0 unspecified atom stereocenters. The molecule has 86 valence electrons. The van der Waals surface area contributed by atoms with Gasteiger partial charge in [-0.15, -0.1) is 0 Å². The molecule has 0 aliphatic carbocycles. The Balaban J connectivity index is 2.23. The molecule has 0 heterocycles. The largest absolute Gasteiger partial charge is 0.548 e. The van der Waals surface area contributed by atoms with Crippen LogP contribution in [0.5, 0.6) is 0 Å². The maximum absolute atomic E-state index is 11.1. The van der Waals surface area contributed by atoms with Gasteiger partial charge in [0.2, 0.25) is 0 Å². The Morgan fingerprint density at radius 2 is 1.47 bits per heavy atom. The zero-order valence-electron chi connectivity index (χ0n) is 9.17. The van der Waals surface area contributed by atoms with Crippen molar-refractivity contribution in [3.63, 3.8) is 0 Å². The number of carboxylic acids is 1. The first-order valence-electron chi connectivity index (χ1n) is 5.35. The molecule has 0 saturated heterocycles. The van der Waals surface area contributed by atoms with Crippen LogP contribution in [0.3, 0.4) is 0 Å². The summed E-state index contributed by atoms with van der Waals surface area (Å²) in [5.41, 5.74) is 1.43. The number of benzene rings is 2. The van der Waals surface area contributed by atoms with E-state index in [-0.39, 0.29) is 0 Å². The second-order valence-electron chi connectivity index (χ2n) is 3.67. The van der Waals surface area contributed by atoms with E-state index in [1.54, 1.807) is 24.3 Å². The summed E-state index contributed by atoms with van der Waals surface area (Å²) in [4.78, 5) is 11.1. The summed E-state index contributed by atoms with van der Waals surface area (Å²) in [6, 6.07) is 17.3. The van der Waals surface area contributed by atoms with Crippen LogP contribution in [0.1, 0.15) is 11.6 Å². The minimum Gasteiger partial charge on any atom is -0.548 e. The Labute approximate surface area is 99.7 Å². The van der Waals surface area contributed by atoms with Gasteiger partial charge < -0.3 is 15.2 Å². The van der Waals surface area contributed by atoms with E-state index in [0.29, 0.717) is 5.56 Å². The van der Waals surface area contributed by atoms with Gasteiger partial charge in [0.15, 0.2) is 0 Å². The smallest absolute Gasteiger partial charge is 0.0912 e. The maximum Gasteiger partial charge on any atom is 0.0912 e. The van der Waals surface area contributed by atoms with Gasteiger partial charge in [-0.25, -0.2) is 0 Å². The van der Waals surface area contributed by atoms with Gasteiger partial charge in [0.05, 0.1) is 12.0 Å². The Bertz CT molecular complexity index is 482. The molecule has 2 aromatic carbocycles. The fourth-order valence-corrected chi connectivity index (χ4v) is 1.62. The Kier molecular flexibility index (Phi) is 3.40. The van der Waals surface area contributed by atoms with E-state index in [2.05, 4.69) is 5.32 Å². The SMILES string of the molecule is O=C([O-])[C@@H](Nc1ccccc1)c1ccccc1. The lowest BCUT2D eigenvalue weighted by Gasteiger charge is -2.21. The summed E-state index contributed by atoms with van der Waals surface area (Å²) < 4.78 is 0. The molecular weight excluding hydrogens is 214 g/mol. The highest BCUT2D eigenvalue weighted by atomic mass is 16.4. The molecule has 2 rings (SSSR count). The van der Waals surface area contributed by atoms with Gasteiger partial charge in [0.25, 0.3) is 0 Å². The highest BCUT2D eigenvalue weighted by Crippen LogP contribution is 2.18. The average molecular weight is 226 g/mol. The van der Waals surface area contributed by atoms with E-state index in [9.17, 15) is 9.90 Å². The van der Waals surface area contributed by atoms with Crippen LogP contribution < -0.4 is 10.4 Å². The molecule has 17 heavy (non-hydrogen) atoms. The van der Waals surface area contributed by atoms with Crippen molar-refractivity contribution in [3.8, 4) is 0 Å². The molecule has 3 nitrogen and oxygen atoms in total. The van der Waals surface area contributed by atoms with Gasteiger partial charge >= 0.3 is 0 Å². The number of carbonyl (C=O) groups excluding carboxylic acids is 1. The molecule has 0 amide bonds. The molecule has 0 bridgehead atoms. The predicted octanol–water partition coefficient (Wildman–Crippen LogP) is 1.59. The van der Waals surface area contributed by atoms with Gasteiger partial charge in [-0.2, -0.15) is 0 Å². The van der Waals surface area contributed by atoms with Crippen LogP contribution in [0, 0.1) is 0 Å². The van der Waals surface area contributed by atoms with Crippen LogP contribution in [0.4, 0.5) is 5.69 Å². The number of carbonyl (C=O) groups is 1. The van der Waals surface area contributed by atoms with E-state index < -0.39 is 12.0 Å². The van der Waals surface area contributed by atoms with Gasteiger partial charge in [-0.05, 0) is 17.7 Å². The highest BCUT2D eigenvalue weighted by molar-refractivity contribution is 5.77. The fourth-order valence-electron chi connectivity index (χ4n) is 1.62. The van der Waals surface area contributed by atoms with Gasteiger partial charge in [0, 0.05) is 5.69 Å². The monoisotopic (exact) mass is 226 g/mol. The lowest BCUT2D eigenvalue weighted by molar-refractivity contribution is -0.307. The van der Waals surface area contributed by atoms with Crippen LogP contribution in [-0.4, -0.2) is 5.97 Å². The third-order valence-corrected chi connectivity index (χ3v) is 2.45. The number of anilines is 1. The lowest BCUT2D eigenvalue weighted by Crippen LogP contribution is -2.34. The minimum absolute atomic E-state index is 0.677. The molecule has 0 fully saturated rings. The summed E-state index contributed by atoms with van der Waals surface area (Å²) in [5, 5.41) is 14.1. The first-order valence-corrected chi connectivity index (χ1v) is 5.35. The summed E-state index contributed by atoms with van der Waals surface area (Å²) in [6.45, 7) is 0. The zero-order chi connectivity index (χ0) is 12.1. The predicted molar refractivity (Wildman–Crippen MR) is 64.3 cm³/mol. The molecule has 1 N–H and O–H groups in total. The lowest BCUT2D eigenvalue weighted by atomic mass is 10.1. The molecule has 0 saturated carbocycles. The number of rotatable bonds is 4. The highest BCUT2D eigenvalue weighted by Gasteiger charge is 2.11. The van der Waals surface area contributed by atoms with Crippen molar-refractivity contribution in [3.05, 3.63) is 66.2 Å². The topological polar surface area (TPSA) is 52.2 Å². The zero-order valence-corrected chi connectivity index (χ0v) is 9.17. The van der Waals surface area contributed by atoms with Crippen LogP contribution in [0.15, 0.2) is 60.7 Å². The molecule has 0 aliphatic heterocycles. The number of para-hydroxylation sites is 1. The first kappa shape index (κ1) is 11.2. The summed E-state index contributed by atoms with van der Waals surface area (Å²) in [7, 11) is 0. The van der Waals surface area contributed by atoms with Crippen molar-refractivity contribution in [2.24, 2.45) is 0 Å². The molecule has 0 radical (unpaired) electrons. The van der Waals surface area contributed by atoms with E-state index >= 15 is 0 Å². The second-order valence-corrected chi connectivity index (χ2v) is 3.67. The number of nitrogens with one attached hydrogen (secondary N) is 1. The minimum atomic E-state index is -1.14. The number of hydrogen-bond acceptors (Lipinski definition) is 3. The standard InChI is InChI=1S/C14H13NO2/c16-14(17)13(11-7-3-1-4-8-11)15-12-9-5-2-6-10-12/h1-10,13,15H,(H,16,17)/p-1/t13-/m0/s1.